The first-order chi connectivity index (χ1) is 43.6. The summed E-state index contributed by atoms with van der Waals surface area (Å²) < 4.78 is 0. The van der Waals surface area contributed by atoms with Crippen molar-refractivity contribution in [1.29, 1.82) is 0 Å². The van der Waals surface area contributed by atoms with Crippen LogP contribution in [-0.4, -0.2) is 9.97 Å². The molecule has 0 radical (unpaired) electrons. The van der Waals surface area contributed by atoms with E-state index in [1.807, 2.05) is 0 Å². The smallest absolute Gasteiger partial charge is 0.138 e. The highest BCUT2D eigenvalue weighted by Crippen LogP contribution is 2.54. The van der Waals surface area contributed by atoms with Crippen LogP contribution in [-0.2, 0) is 27.1 Å². The van der Waals surface area contributed by atoms with E-state index in [0.29, 0.717) is 0 Å². The van der Waals surface area contributed by atoms with Crippen LogP contribution in [0.3, 0.4) is 0 Å². The molecule has 0 unspecified atom stereocenters. The Morgan fingerprint density at radius 2 is 0.560 bits per heavy atom. The van der Waals surface area contributed by atoms with Gasteiger partial charge in [-0.3, -0.25) is 9.80 Å². The molecule has 2 aromatic heterocycles. The fourth-order valence-corrected chi connectivity index (χ4v) is 14.7. The number of para-hydroxylation sites is 2. The SMILES string of the molecule is CC(C)(C)c1ccc(N(c2ccc3c(c2)C(C)(C)c2cc(C=Cc4ccc5c(c4)C(C)(C)c4cc(C=Cc6ccc7c(c6)C(C)(C)c6cc(N(c8ccc(C(C)(C)C)cc8)c8ccc9ccccc9n8)ccc6-7)ccc4-5)ccc2-3)c2ccc3ccccc3n2)cc1. The molecular weight excluding hydrogens is 1100 g/mol. The van der Waals surface area contributed by atoms with Crippen LogP contribution in [0.5, 0.6) is 0 Å². The van der Waals surface area contributed by atoms with Crippen LogP contribution in [0.4, 0.5) is 34.4 Å². The molecule has 0 spiro atoms. The highest BCUT2D eigenvalue weighted by molar-refractivity contribution is 5.92. The topological polar surface area (TPSA) is 32.3 Å². The summed E-state index contributed by atoms with van der Waals surface area (Å²) in [7, 11) is 0. The van der Waals surface area contributed by atoms with Crippen molar-refractivity contribution in [2.24, 2.45) is 0 Å². The van der Waals surface area contributed by atoms with Gasteiger partial charge in [0.05, 0.1) is 11.0 Å². The van der Waals surface area contributed by atoms with Crippen LogP contribution in [0.15, 0.2) is 231 Å². The highest BCUT2D eigenvalue weighted by atomic mass is 15.2. The van der Waals surface area contributed by atoms with E-state index < -0.39 is 0 Å². The zero-order valence-electron chi connectivity index (χ0n) is 54.5. The largest absolute Gasteiger partial charge is 0.295 e. The van der Waals surface area contributed by atoms with E-state index in [0.717, 1.165) is 56.2 Å². The average molecular weight is 1180 g/mol. The second-order valence-corrected chi connectivity index (χ2v) is 29.2. The minimum absolute atomic E-state index is 0.0518. The minimum atomic E-state index is -0.223. The molecule has 10 aromatic carbocycles. The van der Waals surface area contributed by atoms with Crippen molar-refractivity contribution in [1.82, 2.24) is 9.97 Å². The van der Waals surface area contributed by atoms with Gasteiger partial charge < -0.3 is 0 Å². The molecule has 0 saturated carbocycles. The lowest BCUT2D eigenvalue weighted by atomic mass is 9.81. The number of hydrogen-bond acceptors (Lipinski definition) is 4. The molecule has 91 heavy (non-hydrogen) atoms. The molecule has 3 aliphatic carbocycles. The number of aromatic nitrogens is 2. The standard InChI is InChI=1S/C87H78N4/c1-83(2,3)61-31-35-63(36-32-61)90(81-47-29-59-17-13-15-19-79(59)88-81)65-39-45-71-69-43-27-57(51-75(69)86(9,10)77(71)53-65)23-21-55-25-41-67-68-42-26-56(50-74(68)85(7,8)73(67)49-55)22-24-58-28-44-70-72-46-40-66(54-78(72)87(11,12)76(70)52-58)91(64-37-33-62(34-38-64)84(4,5)6)82-48-30-60-18-14-16-20-80(60)89-82/h13-54H,1-12H3. The molecule has 446 valence electrons. The van der Waals surface area contributed by atoms with Crippen molar-refractivity contribution in [2.75, 3.05) is 9.80 Å². The summed E-state index contributed by atoms with van der Waals surface area (Å²) in [6.45, 7) is 27.9. The van der Waals surface area contributed by atoms with Gasteiger partial charge in [0.1, 0.15) is 11.6 Å². The van der Waals surface area contributed by atoms with Crippen molar-refractivity contribution in [2.45, 2.75) is 110 Å². The molecule has 0 bridgehead atoms. The summed E-state index contributed by atoms with van der Waals surface area (Å²) in [6.07, 6.45) is 9.17. The van der Waals surface area contributed by atoms with Gasteiger partial charge in [-0.15, -0.1) is 0 Å². The van der Waals surface area contributed by atoms with Gasteiger partial charge in [0.2, 0.25) is 0 Å². The molecule has 0 N–H and O–H groups in total. The van der Waals surface area contributed by atoms with Crippen LogP contribution in [0, 0.1) is 0 Å². The summed E-state index contributed by atoms with van der Waals surface area (Å²) >= 11 is 0. The van der Waals surface area contributed by atoms with Crippen molar-refractivity contribution in [3.8, 4) is 33.4 Å². The third kappa shape index (κ3) is 9.90. The first-order valence-electron chi connectivity index (χ1n) is 32.4. The summed E-state index contributed by atoms with van der Waals surface area (Å²) in [6, 6.07) is 85.6. The van der Waals surface area contributed by atoms with Crippen molar-refractivity contribution >= 4 is 80.5 Å². The molecule has 0 saturated heterocycles. The third-order valence-corrected chi connectivity index (χ3v) is 20.2. The first-order valence-corrected chi connectivity index (χ1v) is 32.4. The zero-order chi connectivity index (χ0) is 62.9. The lowest BCUT2D eigenvalue weighted by Crippen LogP contribution is -2.17. The fraction of sp³-hybridized carbons (Fsp3) is 0.195. The second kappa shape index (κ2) is 21.1. The van der Waals surface area contributed by atoms with Gasteiger partial charge in [-0.25, -0.2) is 9.97 Å². The summed E-state index contributed by atoms with van der Waals surface area (Å²) in [5, 5.41) is 2.26. The molecule has 3 aliphatic rings. The number of benzene rings is 10. The maximum absolute atomic E-state index is 5.24. The van der Waals surface area contributed by atoms with E-state index in [2.05, 4.69) is 348 Å². The number of hydrogen-bond donors (Lipinski definition) is 0. The maximum Gasteiger partial charge on any atom is 0.138 e. The van der Waals surface area contributed by atoms with Gasteiger partial charge in [-0.05, 0) is 196 Å². The summed E-state index contributed by atoms with van der Waals surface area (Å²) in [5.74, 6) is 1.80. The van der Waals surface area contributed by atoms with Crippen molar-refractivity contribution in [3.63, 3.8) is 0 Å². The molecule has 2 heterocycles. The van der Waals surface area contributed by atoms with Gasteiger partial charge in [0.25, 0.3) is 0 Å². The van der Waals surface area contributed by atoms with E-state index in [9.17, 15) is 0 Å². The van der Waals surface area contributed by atoms with Gasteiger partial charge in [-0.2, -0.15) is 0 Å². The third-order valence-electron chi connectivity index (χ3n) is 20.2. The summed E-state index contributed by atoms with van der Waals surface area (Å²) in [5.41, 5.74) is 29.1. The molecule has 15 rings (SSSR count). The lowest BCUT2D eigenvalue weighted by Gasteiger charge is -2.28. The van der Waals surface area contributed by atoms with Crippen LogP contribution in [0.1, 0.15) is 150 Å². The monoisotopic (exact) mass is 1180 g/mol. The van der Waals surface area contributed by atoms with Crippen LogP contribution in [0.2, 0.25) is 0 Å². The number of fused-ring (bicyclic) bond motifs is 11. The quantitative estimate of drug-likeness (QED) is 0.128. The second-order valence-electron chi connectivity index (χ2n) is 29.2. The molecule has 0 aliphatic heterocycles. The number of pyridine rings is 2. The molecule has 0 fully saturated rings. The van der Waals surface area contributed by atoms with Crippen LogP contribution >= 0.6 is 0 Å². The summed E-state index contributed by atoms with van der Waals surface area (Å²) in [4.78, 5) is 15.1. The number of nitrogens with zero attached hydrogens (tertiary/aromatic N) is 4. The van der Waals surface area contributed by atoms with Gasteiger partial charge >= 0.3 is 0 Å². The maximum atomic E-state index is 5.24. The van der Waals surface area contributed by atoms with E-state index in [-0.39, 0.29) is 27.1 Å². The Bertz CT molecular complexity index is 4670. The Balaban J connectivity index is 0.665. The molecule has 12 aromatic rings. The van der Waals surface area contributed by atoms with Crippen LogP contribution < -0.4 is 9.80 Å². The van der Waals surface area contributed by atoms with Crippen LogP contribution in [0.25, 0.3) is 79.5 Å². The Labute approximate surface area is 538 Å². The Morgan fingerprint density at radius 1 is 0.286 bits per heavy atom. The van der Waals surface area contributed by atoms with E-state index in [1.54, 1.807) is 0 Å². The zero-order valence-corrected chi connectivity index (χ0v) is 54.5. The van der Waals surface area contributed by atoms with E-state index >= 15 is 0 Å². The lowest BCUT2D eigenvalue weighted by molar-refractivity contribution is 0.590. The number of rotatable bonds is 10. The molecule has 4 heteroatoms. The molecular formula is C87H78N4. The average Bonchev–Trinajstić information content (AvgIpc) is 1.62. The van der Waals surface area contributed by atoms with Gasteiger partial charge in [-0.1, -0.05) is 253 Å². The molecule has 4 nitrogen and oxygen atoms in total. The Morgan fingerprint density at radius 3 is 0.868 bits per heavy atom. The van der Waals surface area contributed by atoms with E-state index in [4.69, 9.17) is 9.97 Å². The highest BCUT2D eigenvalue weighted by Gasteiger charge is 2.39. The van der Waals surface area contributed by atoms with Crippen molar-refractivity contribution in [3.05, 3.63) is 297 Å². The Hall–Kier alpha value is -9.90. The van der Waals surface area contributed by atoms with Gasteiger partial charge in [0, 0.05) is 49.8 Å². The predicted octanol–water partition coefficient (Wildman–Crippen LogP) is 23.6. The van der Waals surface area contributed by atoms with Crippen molar-refractivity contribution < 1.29 is 0 Å². The normalized spacial score (nSPS) is 14.8. The molecule has 0 atom stereocenters. The van der Waals surface area contributed by atoms with E-state index in [1.165, 1.54) is 100 Å². The predicted molar refractivity (Wildman–Crippen MR) is 387 cm³/mol. The molecule has 0 amide bonds. The van der Waals surface area contributed by atoms with Gasteiger partial charge in [0.15, 0.2) is 0 Å². The number of anilines is 6. The Kier molecular flexibility index (Phi) is 13.3. The first kappa shape index (κ1) is 57.5. The fourth-order valence-electron chi connectivity index (χ4n) is 14.7. The minimum Gasteiger partial charge on any atom is -0.295 e.